The van der Waals surface area contributed by atoms with Crippen molar-refractivity contribution in [2.75, 3.05) is 5.75 Å². The average molecular weight is 510 g/mol. The van der Waals surface area contributed by atoms with Gasteiger partial charge >= 0.3 is 0 Å². The van der Waals surface area contributed by atoms with Crippen molar-refractivity contribution in [1.82, 2.24) is 20.2 Å². The van der Waals surface area contributed by atoms with Gasteiger partial charge in [0.25, 0.3) is 5.91 Å². The first-order valence-corrected chi connectivity index (χ1v) is 12.1. The first-order valence-electron chi connectivity index (χ1n) is 10.4. The number of amides is 1. The third-order valence-electron chi connectivity index (χ3n) is 4.94. The molecule has 0 fully saturated rings. The number of nitrogens with one attached hydrogen (secondary N) is 1. The highest BCUT2D eigenvalue weighted by molar-refractivity contribution is 7.99. The maximum atomic E-state index is 12.4. The van der Waals surface area contributed by atoms with Gasteiger partial charge in [0.05, 0.1) is 22.0 Å². The Hall–Kier alpha value is -3.13. The molecule has 0 spiro atoms. The summed E-state index contributed by atoms with van der Waals surface area (Å²) in [5, 5.41) is 14.2. The molecule has 0 atom stereocenters. The minimum Gasteiger partial charge on any atom is -0.272 e. The van der Waals surface area contributed by atoms with Crippen molar-refractivity contribution >= 4 is 47.1 Å². The molecule has 0 saturated heterocycles. The highest BCUT2D eigenvalue weighted by Crippen LogP contribution is 2.28. The summed E-state index contributed by atoms with van der Waals surface area (Å²) in [6, 6.07) is 21.4. The molecular formula is C25H21Cl2N5OS. The largest absolute Gasteiger partial charge is 0.272 e. The molecule has 0 unspecified atom stereocenters. The lowest BCUT2D eigenvalue weighted by atomic mass is 10.1. The van der Waals surface area contributed by atoms with Crippen molar-refractivity contribution in [3.8, 4) is 17.1 Å². The second-order valence-corrected chi connectivity index (χ2v) is 9.30. The molecule has 4 aromatic rings. The predicted octanol–water partition coefficient (Wildman–Crippen LogP) is 6.10. The molecule has 0 radical (unpaired) electrons. The van der Waals surface area contributed by atoms with Crippen molar-refractivity contribution in [2.24, 2.45) is 5.10 Å². The summed E-state index contributed by atoms with van der Waals surface area (Å²) in [6.07, 6.45) is 1.46. The van der Waals surface area contributed by atoms with E-state index in [1.807, 2.05) is 66.9 Å². The number of benzene rings is 3. The van der Waals surface area contributed by atoms with Crippen LogP contribution in [0.2, 0.25) is 10.0 Å². The number of hydrazone groups is 1. The van der Waals surface area contributed by atoms with Crippen LogP contribution < -0.4 is 5.43 Å². The van der Waals surface area contributed by atoms with Gasteiger partial charge < -0.3 is 0 Å². The van der Waals surface area contributed by atoms with Crippen LogP contribution in [-0.4, -0.2) is 32.6 Å². The summed E-state index contributed by atoms with van der Waals surface area (Å²) in [6.45, 7) is 4.07. The van der Waals surface area contributed by atoms with Crippen LogP contribution in [0.25, 0.3) is 17.1 Å². The summed E-state index contributed by atoms with van der Waals surface area (Å²) in [5.74, 6) is 0.536. The summed E-state index contributed by atoms with van der Waals surface area (Å²) < 4.78 is 1.96. The minimum atomic E-state index is -0.283. The zero-order valence-corrected chi connectivity index (χ0v) is 20.8. The number of carbonyl (C=O) groups excluding carboxylic acids is 1. The minimum absolute atomic E-state index is 0.110. The number of nitrogens with zero attached hydrogens (tertiary/aromatic N) is 4. The monoisotopic (exact) mass is 509 g/mol. The topological polar surface area (TPSA) is 72.2 Å². The number of rotatable bonds is 7. The van der Waals surface area contributed by atoms with Gasteiger partial charge in [-0.1, -0.05) is 94.6 Å². The molecule has 9 heteroatoms. The second kappa shape index (κ2) is 10.9. The Balaban J connectivity index is 1.51. The SMILES string of the molecule is Cc1ccc(-c2nnc(SCC(=O)N/N=C/c3cccc(Cl)c3Cl)n2-c2ccc(C)cc2)cc1. The molecule has 1 amide bonds. The smallest absolute Gasteiger partial charge is 0.250 e. The summed E-state index contributed by atoms with van der Waals surface area (Å²) in [7, 11) is 0. The molecule has 1 N–H and O–H groups in total. The normalized spacial score (nSPS) is 11.2. The van der Waals surface area contributed by atoms with Gasteiger partial charge in [0.15, 0.2) is 11.0 Å². The van der Waals surface area contributed by atoms with Crippen molar-refractivity contribution < 1.29 is 4.79 Å². The first kappa shape index (κ1) is 24.0. The molecule has 6 nitrogen and oxygen atoms in total. The maximum Gasteiger partial charge on any atom is 0.250 e. The quantitative estimate of drug-likeness (QED) is 0.185. The standard InChI is InChI=1S/C25H21Cl2N5OS/c1-16-6-10-18(11-7-16)24-30-31-25(32(24)20-12-8-17(2)9-13-20)34-15-22(33)29-28-14-19-4-3-5-21(26)23(19)27/h3-14H,15H2,1-2H3,(H,29,33)/b28-14+. The van der Waals surface area contributed by atoms with Crippen molar-refractivity contribution in [3.63, 3.8) is 0 Å². The Morgan fingerprint density at radius 1 is 1.00 bits per heavy atom. The van der Waals surface area contributed by atoms with Gasteiger partial charge in [-0.25, -0.2) is 5.43 Å². The molecule has 172 valence electrons. The van der Waals surface area contributed by atoms with Crippen LogP contribution in [0.3, 0.4) is 0 Å². The van der Waals surface area contributed by atoms with E-state index in [1.54, 1.807) is 18.2 Å². The third kappa shape index (κ3) is 5.67. The Morgan fingerprint density at radius 2 is 1.68 bits per heavy atom. The zero-order valence-electron chi connectivity index (χ0n) is 18.5. The Bertz CT molecular complexity index is 1330. The molecule has 0 saturated carbocycles. The van der Waals surface area contributed by atoms with E-state index in [2.05, 4.69) is 20.7 Å². The molecule has 0 aliphatic carbocycles. The van der Waals surface area contributed by atoms with E-state index in [1.165, 1.54) is 18.0 Å². The highest BCUT2D eigenvalue weighted by Gasteiger charge is 2.17. The van der Waals surface area contributed by atoms with Gasteiger partial charge in [-0.15, -0.1) is 10.2 Å². The van der Waals surface area contributed by atoms with E-state index >= 15 is 0 Å². The Kier molecular flexibility index (Phi) is 7.67. The van der Waals surface area contributed by atoms with Crippen LogP contribution in [0.15, 0.2) is 77.0 Å². The van der Waals surface area contributed by atoms with Crippen LogP contribution in [-0.2, 0) is 4.79 Å². The van der Waals surface area contributed by atoms with Gasteiger partial charge in [0.1, 0.15) is 0 Å². The van der Waals surface area contributed by atoms with Crippen LogP contribution in [0.5, 0.6) is 0 Å². The zero-order chi connectivity index (χ0) is 24.1. The number of aromatic nitrogens is 3. The van der Waals surface area contributed by atoms with Crippen LogP contribution in [0.4, 0.5) is 0 Å². The van der Waals surface area contributed by atoms with E-state index in [4.69, 9.17) is 23.2 Å². The summed E-state index contributed by atoms with van der Waals surface area (Å²) in [5.41, 5.74) is 7.30. The van der Waals surface area contributed by atoms with Crippen LogP contribution >= 0.6 is 35.0 Å². The van der Waals surface area contributed by atoms with Gasteiger partial charge in [-0.05, 0) is 32.0 Å². The van der Waals surface area contributed by atoms with E-state index in [9.17, 15) is 4.79 Å². The lowest BCUT2D eigenvalue weighted by Gasteiger charge is -2.11. The molecule has 34 heavy (non-hydrogen) atoms. The van der Waals surface area contributed by atoms with E-state index in [-0.39, 0.29) is 11.7 Å². The molecule has 3 aromatic carbocycles. The fourth-order valence-corrected chi connectivity index (χ4v) is 4.24. The van der Waals surface area contributed by atoms with Gasteiger partial charge in [0, 0.05) is 16.8 Å². The molecule has 1 aromatic heterocycles. The number of hydrogen-bond donors (Lipinski definition) is 1. The van der Waals surface area contributed by atoms with Gasteiger partial charge in [-0.3, -0.25) is 9.36 Å². The molecule has 4 rings (SSSR count). The Labute approximate surface area is 212 Å². The summed E-state index contributed by atoms with van der Waals surface area (Å²) >= 11 is 13.4. The van der Waals surface area contributed by atoms with E-state index in [0.717, 1.165) is 22.4 Å². The van der Waals surface area contributed by atoms with E-state index < -0.39 is 0 Å². The fourth-order valence-electron chi connectivity index (χ4n) is 3.14. The lowest BCUT2D eigenvalue weighted by Crippen LogP contribution is -2.20. The average Bonchev–Trinajstić information content (AvgIpc) is 3.25. The number of hydrogen-bond acceptors (Lipinski definition) is 5. The first-order chi connectivity index (χ1) is 16.4. The molecule has 0 bridgehead atoms. The molecular weight excluding hydrogens is 489 g/mol. The number of carbonyl (C=O) groups is 1. The van der Waals surface area contributed by atoms with Crippen LogP contribution in [0, 0.1) is 13.8 Å². The highest BCUT2D eigenvalue weighted by atomic mass is 35.5. The Morgan fingerprint density at radius 3 is 2.38 bits per heavy atom. The maximum absolute atomic E-state index is 12.4. The van der Waals surface area contributed by atoms with Gasteiger partial charge in [0.2, 0.25) is 0 Å². The van der Waals surface area contributed by atoms with Crippen molar-refractivity contribution in [2.45, 2.75) is 19.0 Å². The lowest BCUT2D eigenvalue weighted by molar-refractivity contribution is -0.118. The fraction of sp³-hybridized carbons (Fsp3) is 0.120. The van der Waals surface area contributed by atoms with E-state index in [0.29, 0.717) is 26.6 Å². The number of thioether (sulfide) groups is 1. The second-order valence-electron chi connectivity index (χ2n) is 7.57. The number of aryl methyl sites for hydroxylation is 2. The third-order valence-corrected chi connectivity index (χ3v) is 6.70. The predicted molar refractivity (Wildman–Crippen MR) is 139 cm³/mol. The van der Waals surface area contributed by atoms with Crippen LogP contribution in [0.1, 0.15) is 16.7 Å². The van der Waals surface area contributed by atoms with Crippen molar-refractivity contribution in [1.29, 1.82) is 0 Å². The molecule has 1 heterocycles. The summed E-state index contributed by atoms with van der Waals surface area (Å²) in [4.78, 5) is 12.4. The van der Waals surface area contributed by atoms with Crippen molar-refractivity contribution in [3.05, 3.63) is 93.5 Å². The molecule has 0 aliphatic heterocycles. The molecule has 0 aliphatic rings. The number of halogens is 2. The van der Waals surface area contributed by atoms with Gasteiger partial charge in [-0.2, -0.15) is 5.10 Å².